The Balaban J connectivity index is 0.000000704. The Morgan fingerprint density at radius 3 is 1.40 bits per heavy atom. The zero-order valence-corrected chi connectivity index (χ0v) is 17.5. The lowest BCUT2D eigenvalue weighted by Gasteiger charge is -2.04. The van der Waals surface area contributed by atoms with E-state index in [-0.39, 0.29) is 0 Å². The van der Waals surface area contributed by atoms with Crippen molar-refractivity contribution in [3.05, 3.63) is 28.1 Å². The van der Waals surface area contributed by atoms with E-state index in [0.717, 1.165) is 0 Å². The van der Waals surface area contributed by atoms with Crippen LogP contribution in [0.25, 0.3) is 0 Å². The van der Waals surface area contributed by atoms with Crippen LogP contribution >= 0.6 is 37.2 Å². The Morgan fingerprint density at radius 1 is 0.700 bits per heavy atom. The Bertz CT molecular complexity index is 619. The molecule has 0 atom stereocenters. The fourth-order valence-electron chi connectivity index (χ4n) is 3.52. The van der Waals surface area contributed by atoms with Crippen LogP contribution in [0.15, 0.2) is 0 Å². The van der Waals surface area contributed by atoms with E-state index in [1.807, 2.05) is 0 Å². The predicted octanol–water partition coefficient (Wildman–Crippen LogP) is 3.06. The Kier molecular flexibility index (Phi) is 4.59. The summed E-state index contributed by atoms with van der Waals surface area (Å²) >= 11 is 4.24. The number of halogens is 2. The molecule has 0 aromatic carbocycles. The van der Waals surface area contributed by atoms with Gasteiger partial charge in [0.05, 0.1) is 0 Å². The van der Waals surface area contributed by atoms with E-state index in [1.165, 1.54) is 39.5 Å². The number of aromatic nitrogens is 1. The van der Waals surface area contributed by atoms with Crippen molar-refractivity contribution in [3.63, 3.8) is 0 Å². The monoisotopic (exact) mass is 498 g/mol. The first-order valence-corrected chi connectivity index (χ1v) is 13.0. The smallest absolute Gasteiger partial charge is 0.107 e. The van der Waals surface area contributed by atoms with Crippen LogP contribution in [0.3, 0.4) is 0 Å². The van der Waals surface area contributed by atoms with Crippen molar-refractivity contribution in [1.82, 2.24) is 0 Å². The lowest BCUT2D eigenvalue weighted by Crippen LogP contribution is -2.46. The topological polar surface area (TPSA) is 9.90 Å². The van der Waals surface area contributed by atoms with Gasteiger partial charge in [-0.25, -0.2) is 0 Å². The normalized spacial score (nSPS) is 16.6. The van der Waals surface area contributed by atoms with Crippen molar-refractivity contribution in [2.75, 3.05) is 14.1 Å². The van der Waals surface area contributed by atoms with Gasteiger partial charge in [0, 0.05) is 62.2 Å². The lowest BCUT2D eigenvalue weighted by molar-refractivity contribution is -0.990. The molecule has 3 rings (SSSR count). The first-order chi connectivity index (χ1) is 9.37. The molecule has 0 amide bonds. The minimum absolute atomic E-state index is 0.327. The Morgan fingerprint density at radius 2 is 1.05 bits per heavy atom. The van der Waals surface area contributed by atoms with Crippen molar-refractivity contribution in [3.8, 4) is 0 Å². The average molecular weight is 498 g/mol. The molecule has 0 aliphatic carbocycles. The second kappa shape index (κ2) is 5.62. The predicted molar refractivity (Wildman–Crippen MR) is 99.9 cm³/mol. The van der Waals surface area contributed by atoms with Crippen LogP contribution in [0.5, 0.6) is 0 Å². The maximum atomic E-state index is 2.50. The molecule has 5 heteroatoms. The minimum atomic E-state index is 0.327. The molecule has 3 heterocycles. The maximum Gasteiger partial charge on any atom is 0.544 e. The summed E-state index contributed by atoms with van der Waals surface area (Å²) in [5.41, 5.74) is 9.84. The summed E-state index contributed by atoms with van der Waals surface area (Å²) in [6, 6.07) is 0. The quantitative estimate of drug-likeness (QED) is 0.385. The van der Waals surface area contributed by atoms with Gasteiger partial charge < -0.3 is 0 Å². The molecule has 1 aromatic heterocycles. The largest absolute Gasteiger partial charge is 0.544 e. The summed E-state index contributed by atoms with van der Waals surface area (Å²) in [6.07, 6.45) is 0.327. The Hall–Kier alpha value is -0.0500. The van der Waals surface area contributed by atoms with Gasteiger partial charge in [0.1, 0.15) is 14.1 Å². The molecular formula is C15H22I2N3+3. The van der Waals surface area contributed by atoms with Crippen LogP contribution in [0.4, 0.5) is 0 Å². The van der Waals surface area contributed by atoms with Crippen LogP contribution < -0.4 is 4.57 Å². The molecule has 0 unspecified atom stereocenters. The minimum Gasteiger partial charge on any atom is -0.107 e. The second-order valence-corrected chi connectivity index (χ2v) is 5.68. The van der Waals surface area contributed by atoms with Crippen LogP contribution in [0.2, 0.25) is 0 Å². The molecule has 2 aliphatic rings. The third-order valence-corrected chi connectivity index (χ3v) is 4.98. The summed E-state index contributed by atoms with van der Waals surface area (Å²) in [6.45, 7) is 11.2. The van der Waals surface area contributed by atoms with Gasteiger partial charge in [-0.1, -0.05) is 4.57 Å². The zero-order valence-electron chi connectivity index (χ0n) is 13.2. The first kappa shape index (κ1) is 16.3. The van der Waals surface area contributed by atoms with Gasteiger partial charge >= 0.3 is 6.29 Å². The van der Waals surface area contributed by atoms with Crippen LogP contribution in [0.1, 0.15) is 48.2 Å². The molecule has 0 radical (unpaired) electrons. The molecule has 0 saturated carbocycles. The van der Waals surface area contributed by atoms with Crippen molar-refractivity contribution >= 4 is 48.7 Å². The highest BCUT2D eigenvalue weighted by Gasteiger charge is 2.58. The van der Waals surface area contributed by atoms with Gasteiger partial charge in [0.15, 0.2) is 0 Å². The van der Waals surface area contributed by atoms with Crippen molar-refractivity contribution in [2.45, 2.75) is 40.9 Å². The lowest BCUT2D eigenvalue weighted by atomic mass is 9.98. The van der Waals surface area contributed by atoms with Crippen molar-refractivity contribution in [2.24, 2.45) is 0 Å². The highest BCUT2D eigenvalue weighted by atomic mass is 128. The molecule has 0 bridgehead atoms. The molecule has 0 saturated heterocycles. The fraction of sp³-hybridized carbons (Fsp3) is 0.533. The zero-order chi connectivity index (χ0) is 15.4. The number of pyridine rings is 1. The van der Waals surface area contributed by atoms with Crippen LogP contribution in [-0.4, -0.2) is 34.7 Å². The summed E-state index contributed by atoms with van der Waals surface area (Å²) in [4.78, 5) is 0. The average Bonchev–Trinajstić information content (AvgIpc) is 2.84. The van der Waals surface area contributed by atoms with Gasteiger partial charge in [-0.15, -0.1) is 9.15 Å². The number of hydrogen-bond donors (Lipinski definition) is 0. The van der Waals surface area contributed by atoms with Gasteiger partial charge in [0.25, 0.3) is 22.8 Å². The highest BCUT2D eigenvalue weighted by molar-refractivity contribution is 15.0. The van der Waals surface area contributed by atoms with E-state index in [0.29, 0.717) is 6.29 Å². The summed E-state index contributed by atoms with van der Waals surface area (Å²) in [7, 11) is 4.38. The maximum absolute atomic E-state index is 2.50. The summed E-state index contributed by atoms with van der Waals surface area (Å²) in [5, 5.41) is 0. The third kappa shape index (κ3) is 1.91. The van der Waals surface area contributed by atoms with E-state index in [2.05, 4.69) is 99.7 Å². The molecule has 0 N–H and O–H groups in total. The van der Waals surface area contributed by atoms with Gasteiger partial charge in [-0.3, -0.25) is 0 Å². The summed E-state index contributed by atoms with van der Waals surface area (Å²) in [5.74, 6) is 0. The Labute approximate surface area is 144 Å². The second-order valence-electron chi connectivity index (χ2n) is 5.68. The number of hydrogen-bond acceptors (Lipinski definition) is 0. The van der Waals surface area contributed by atoms with Gasteiger partial charge in [-0.05, 0) is 26.3 Å². The molecular weight excluding hydrogens is 476 g/mol. The van der Waals surface area contributed by atoms with Crippen LogP contribution in [-0.2, 0) is 0 Å². The van der Waals surface area contributed by atoms with E-state index >= 15 is 0 Å². The first-order valence-electron chi connectivity index (χ1n) is 6.71. The highest BCUT2D eigenvalue weighted by Crippen LogP contribution is 2.27. The number of rotatable bonds is 0. The molecule has 1 aromatic rings. The van der Waals surface area contributed by atoms with Crippen LogP contribution in [0, 0.1) is 20.8 Å². The van der Waals surface area contributed by atoms with Crippen molar-refractivity contribution < 1.29 is 13.7 Å². The van der Waals surface area contributed by atoms with E-state index in [1.54, 1.807) is 0 Å². The van der Waals surface area contributed by atoms with Crippen molar-refractivity contribution in [1.29, 1.82) is 0 Å². The van der Waals surface area contributed by atoms with Gasteiger partial charge in [-0.2, -0.15) is 0 Å². The summed E-state index contributed by atoms with van der Waals surface area (Å²) < 4.78 is 7.25. The SMILES string of the molecule is CC1=[N+](C)C2[N+](C)=C(C)c3c(C)c(C)c(C)c1[n+]32.II. The molecule has 20 heavy (non-hydrogen) atoms. The molecule has 3 nitrogen and oxygen atoms in total. The molecule has 0 fully saturated rings. The van der Waals surface area contributed by atoms with E-state index < -0.39 is 0 Å². The number of nitrogens with zero attached hydrogens (tertiary/aromatic N) is 3. The fourth-order valence-corrected chi connectivity index (χ4v) is 3.52. The van der Waals surface area contributed by atoms with Gasteiger partial charge in [0.2, 0.25) is 0 Å². The molecule has 108 valence electrons. The molecule has 2 aliphatic heterocycles. The van der Waals surface area contributed by atoms with E-state index in [4.69, 9.17) is 0 Å². The third-order valence-electron chi connectivity index (χ3n) is 4.98. The van der Waals surface area contributed by atoms with E-state index in [9.17, 15) is 0 Å². The standard InChI is InChI=1S/C15H22N3.I2/c1-8-9(2)13-11(4)16(6)15-17(7)12(5)14(10(8)3)18(13)15;1-2/h15H,1-7H3;/q+3;. The molecule has 0 spiro atoms.